The Kier molecular flexibility index (Phi) is 5.26. The number of carbonyl (C=O) groups excluding carboxylic acids is 1. The molecular weight excluding hydrogens is 386 g/mol. The summed E-state index contributed by atoms with van der Waals surface area (Å²) in [7, 11) is 0. The fourth-order valence-corrected chi connectivity index (χ4v) is 4.57. The first-order valence-corrected chi connectivity index (χ1v) is 10.7. The lowest BCUT2D eigenvalue weighted by molar-refractivity contribution is 0.0461. The van der Waals surface area contributed by atoms with Crippen molar-refractivity contribution in [1.82, 2.24) is 14.9 Å². The monoisotopic (exact) mass is 411 g/mol. The second kappa shape index (κ2) is 8.36. The van der Waals surface area contributed by atoms with E-state index in [1.165, 1.54) is 0 Å². The molecule has 1 amide bonds. The largest absolute Gasteiger partial charge is 0.388 e. The molecule has 4 aromatic rings. The van der Waals surface area contributed by atoms with Crippen molar-refractivity contribution in [2.45, 2.75) is 18.9 Å². The number of H-pyrrole nitrogens is 1. The zero-order valence-corrected chi connectivity index (χ0v) is 17.2. The Morgan fingerprint density at radius 2 is 1.94 bits per heavy atom. The van der Waals surface area contributed by atoms with Crippen molar-refractivity contribution >= 4 is 16.7 Å². The van der Waals surface area contributed by atoms with E-state index in [-0.39, 0.29) is 11.8 Å². The van der Waals surface area contributed by atoms with Gasteiger partial charge in [-0.3, -0.25) is 9.78 Å². The molecule has 1 aliphatic heterocycles. The van der Waals surface area contributed by atoms with Crippen molar-refractivity contribution in [3.8, 4) is 11.3 Å². The molecule has 156 valence electrons. The molecule has 5 heteroatoms. The number of aromatic nitrogens is 2. The Bertz CT molecular complexity index is 1180. The van der Waals surface area contributed by atoms with Crippen LogP contribution in [0.15, 0.2) is 79.3 Å². The van der Waals surface area contributed by atoms with Crippen LogP contribution in [0.2, 0.25) is 0 Å². The number of rotatable bonds is 4. The van der Waals surface area contributed by atoms with E-state index in [1.807, 2.05) is 53.6 Å². The summed E-state index contributed by atoms with van der Waals surface area (Å²) >= 11 is 0. The summed E-state index contributed by atoms with van der Waals surface area (Å²) in [5.74, 6) is 0.203. The first-order valence-electron chi connectivity index (χ1n) is 10.7. The van der Waals surface area contributed by atoms with Crippen LogP contribution in [-0.4, -0.2) is 39.0 Å². The number of pyridine rings is 1. The van der Waals surface area contributed by atoms with Crippen molar-refractivity contribution in [1.29, 1.82) is 0 Å². The van der Waals surface area contributed by atoms with E-state index in [2.05, 4.69) is 28.2 Å². The molecule has 31 heavy (non-hydrogen) atoms. The Labute approximate surface area is 181 Å². The number of aromatic amines is 1. The Balaban J connectivity index is 1.31. The number of aliphatic hydroxyl groups is 1. The fourth-order valence-electron chi connectivity index (χ4n) is 4.57. The molecule has 0 aliphatic carbocycles. The van der Waals surface area contributed by atoms with E-state index in [0.717, 1.165) is 40.4 Å². The van der Waals surface area contributed by atoms with E-state index in [9.17, 15) is 9.90 Å². The van der Waals surface area contributed by atoms with Gasteiger partial charge in [0.05, 0.1) is 6.10 Å². The van der Waals surface area contributed by atoms with Gasteiger partial charge in [0.25, 0.3) is 5.91 Å². The van der Waals surface area contributed by atoms with Gasteiger partial charge in [-0.25, -0.2) is 0 Å². The highest BCUT2D eigenvalue weighted by molar-refractivity contribution is 6.02. The van der Waals surface area contributed by atoms with Gasteiger partial charge in [-0.2, -0.15) is 0 Å². The van der Waals surface area contributed by atoms with Crippen molar-refractivity contribution < 1.29 is 9.90 Å². The standard InChI is InChI=1S/C26H25N3O2/c30-25(21-5-2-12-27-17-21)18-10-14-29(15-11-18)26(31)20-8-9-22-19(16-20)4-1-6-23(22)24-7-3-13-28-24/h1-9,12-13,16-18,25,28,30H,10-11,14-15H2. The Morgan fingerprint density at radius 3 is 2.68 bits per heavy atom. The molecule has 0 saturated carbocycles. The summed E-state index contributed by atoms with van der Waals surface area (Å²) in [6.45, 7) is 1.31. The SMILES string of the molecule is O=C(c1ccc2c(-c3ccc[nH]3)cccc2c1)N1CCC(C(O)c2cccnc2)CC1. The number of hydrogen-bond donors (Lipinski definition) is 2. The van der Waals surface area contributed by atoms with Crippen LogP contribution in [-0.2, 0) is 0 Å². The number of hydrogen-bond acceptors (Lipinski definition) is 3. The summed E-state index contributed by atoms with van der Waals surface area (Å²) in [6.07, 6.45) is 6.39. The van der Waals surface area contributed by atoms with Crippen molar-refractivity contribution in [2.75, 3.05) is 13.1 Å². The zero-order valence-electron chi connectivity index (χ0n) is 17.2. The molecule has 2 aromatic heterocycles. The van der Waals surface area contributed by atoms with Gasteiger partial charge in [0.1, 0.15) is 0 Å². The molecule has 2 aromatic carbocycles. The third-order valence-electron chi connectivity index (χ3n) is 6.31. The molecule has 5 rings (SSSR count). The molecule has 0 spiro atoms. The van der Waals surface area contributed by atoms with E-state index in [4.69, 9.17) is 0 Å². The zero-order chi connectivity index (χ0) is 21.2. The molecule has 0 bridgehead atoms. The number of amides is 1. The molecular formula is C26H25N3O2. The summed E-state index contributed by atoms with van der Waals surface area (Å²) in [5.41, 5.74) is 3.76. The number of fused-ring (bicyclic) bond motifs is 1. The minimum Gasteiger partial charge on any atom is -0.388 e. The minimum absolute atomic E-state index is 0.0569. The van der Waals surface area contributed by atoms with Crippen molar-refractivity contribution in [3.05, 3.63) is 90.4 Å². The van der Waals surface area contributed by atoms with Gasteiger partial charge >= 0.3 is 0 Å². The average molecular weight is 412 g/mol. The number of nitrogens with zero attached hydrogens (tertiary/aromatic N) is 2. The topological polar surface area (TPSA) is 69.2 Å². The number of nitrogens with one attached hydrogen (secondary N) is 1. The summed E-state index contributed by atoms with van der Waals surface area (Å²) in [4.78, 5) is 22.4. The quantitative estimate of drug-likeness (QED) is 0.506. The van der Waals surface area contributed by atoms with Crippen LogP contribution < -0.4 is 0 Å². The summed E-state index contributed by atoms with van der Waals surface area (Å²) < 4.78 is 0. The Hall–Kier alpha value is -3.44. The molecule has 1 saturated heterocycles. The number of piperidine rings is 1. The first kappa shape index (κ1) is 19.5. The highest BCUT2D eigenvalue weighted by atomic mass is 16.3. The van der Waals surface area contributed by atoms with E-state index >= 15 is 0 Å². The second-order valence-corrected chi connectivity index (χ2v) is 8.19. The highest BCUT2D eigenvalue weighted by Gasteiger charge is 2.29. The molecule has 1 atom stereocenters. The van der Waals surface area contributed by atoms with Crippen LogP contribution in [0.25, 0.3) is 22.0 Å². The summed E-state index contributed by atoms with van der Waals surface area (Å²) in [5, 5.41) is 12.8. The fraction of sp³-hybridized carbons (Fsp3) is 0.231. The van der Waals surface area contributed by atoms with Crippen LogP contribution in [0.1, 0.15) is 34.9 Å². The van der Waals surface area contributed by atoms with Crippen LogP contribution in [0.3, 0.4) is 0 Å². The smallest absolute Gasteiger partial charge is 0.253 e. The van der Waals surface area contributed by atoms with E-state index < -0.39 is 6.10 Å². The normalized spacial score (nSPS) is 15.8. The van der Waals surface area contributed by atoms with Crippen LogP contribution in [0.5, 0.6) is 0 Å². The molecule has 1 unspecified atom stereocenters. The van der Waals surface area contributed by atoms with Gasteiger partial charge in [-0.05, 0) is 65.4 Å². The summed E-state index contributed by atoms with van der Waals surface area (Å²) in [6, 6.07) is 19.9. The highest BCUT2D eigenvalue weighted by Crippen LogP contribution is 2.32. The molecule has 5 nitrogen and oxygen atoms in total. The third kappa shape index (κ3) is 3.84. The number of likely N-dealkylation sites (tertiary alicyclic amines) is 1. The Morgan fingerprint density at radius 1 is 1.06 bits per heavy atom. The van der Waals surface area contributed by atoms with Crippen LogP contribution in [0, 0.1) is 5.92 Å². The minimum atomic E-state index is -0.530. The lowest BCUT2D eigenvalue weighted by Gasteiger charge is -2.34. The maximum absolute atomic E-state index is 13.2. The average Bonchev–Trinajstić information content (AvgIpc) is 3.38. The van der Waals surface area contributed by atoms with Gasteiger partial charge in [-0.1, -0.05) is 30.3 Å². The molecule has 0 radical (unpaired) electrons. The van der Waals surface area contributed by atoms with Gasteiger partial charge in [0.2, 0.25) is 0 Å². The molecule has 2 N–H and O–H groups in total. The lowest BCUT2D eigenvalue weighted by Crippen LogP contribution is -2.39. The maximum atomic E-state index is 13.2. The van der Waals surface area contributed by atoms with Crippen molar-refractivity contribution in [2.24, 2.45) is 5.92 Å². The predicted octanol–water partition coefficient (Wildman–Crippen LogP) is 4.82. The van der Waals surface area contributed by atoms with Gasteiger partial charge in [-0.15, -0.1) is 0 Å². The van der Waals surface area contributed by atoms with Crippen LogP contribution >= 0.6 is 0 Å². The van der Waals surface area contributed by atoms with Crippen LogP contribution in [0.4, 0.5) is 0 Å². The van der Waals surface area contributed by atoms with Crippen molar-refractivity contribution in [3.63, 3.8) is 0 Å². The third-order valence-corrected chi connectivity index (χ3v) is 6.31. The van der Waals surface area contributed by atoms with E-state index in [1.54, 1.807) is 12.4 Å². The van der Waals surface area contributed by atoms with Gasteiger partial charge in [0.15, 0.2) is 0 Å². The van der Waals surface area contributed by atoms with Gasteiger partial charge < -0.3 is 15.0 Å². The molecule has 1 aliphatic rings. The molecule has 1 fully saturated rings. The number of aliphatic hydroxyl groups excluding tert-OH is 1. The number of carbonyl (C=O) groups is 1. The second-order valence-electron chi connectivity index (χ2n) is 8.19. The predicted molar refractivity (Wildman–Crippen MR) is 122 cm³/mol. The maximum Gasteiger partial charge on any atom is 0.253 e. The van der Waals surface area contributed by atoms with E-state index in [0.29, 0.717) is 18.7 Å². The first-order chi connectivity index (χ1) is 15.2. The lowest BCUT2D eigenvalue weighted by atomic mass is 9.88. The number of benzene rings is 2. The molecule has 3 heterocycles. The van der Waals surface area contributed by atoms with Gasteiger partial charge in [0, 0.05) is 48.5 Å².